The van der Waals surface area contributed by atoms with Crippen LogP contribution in [0.1, 0.15) is 20.3 Å². The molecule has 1 aliphatic heterocycles. The van der Waals surface area contributed by atoms with Crippen LogP contribution in [0.4, 0.5) is 17.1 Å². The summed E-state index contributed by atoms with van der Waals surface area (Å²) in [6.07, 6.45) is 1.25. The third-order valence-corrected chi connectivity index (χ3v) is 15.8. The molecule has 8 nitrogen and oxygen atoms in total. The lowest BCUT2D eigenvalue weighted by Gasteiger charge is -2.37. The Labute approximate surface area is 193 Å². The Morgan fingerprint density at radius 2 is 1.41 bits per heavy atom. The van der Waals surface area contributed by atoms with Crippen molar-refractivity contribution in [1.82, 2.24) is 0 Å². The molecule has 2 aromatic carbocycles. The SMILES string of the molecule is CCC.CO[Si](OC)(OC)[Si](C)(C)OCCN1c2ccccc2NN1c1ccccc1O. The van der Waals surface area contributed by atoms with Gasteiger partial charge < -0.3 is 22.8 Å². The van der Waals surface area contributed by atoms with Crippen molar-refractivity contribution in [1.29, 1.82) is 0 Å². The van der Waals surface area contributed by atoms with Gasteiger partial charge in [-0.05, 0) is 37.4 Å². The average molecular weight is 480 g/mol. The second kappa shape index (κ2) is 11.7. The highest BCUT2D eigenvalue weighted by atomic mass is 29.3. The molecule has 0 unspecified atom stereocenters. The highest BCUT2D eigenvalue weighted by Crippen LogP contribution is 2.39. The molecule has 0 aliphatic carbocycles. The summed E-state index contributed by atoms with van der Waals surface area (Å²) in [5, 5.41) is 14.2. The lowest BCUT2D eigenvalue weighted by molar-refractivity contribution is 0.134. The fourth-order valence-electron chi connectivity index (χ4n) is 3.59. The number of phenolic OH excluding ortho intramolecular Hbond substituents is 1. The van der Waals surface area contributed by atoms with Crippen LogP contribution in [0.3, 0.4) is 0 Å². The minimum Gasteiger partial charge on any atom is -0.506 e. The molecule has 0 atom stereocenters. The number of aromatic hydroxyl groups is 1. The third kappa shape index (κ3) is 5.45. The number of hydrogen-bond acceptors (Lipinski definition) is 8. The maximum atomic E-state index is 10.3. The molecule has 178 valence electrons. The van der Waals surface area contributed by atoms with Gasteiger partial charge in [-0.2, -0.15) is 5.12 Å². The molecule has 0 aromatic heterocycles. The van der Waals surface area contributed by atoms with Crippen LogP contribution in [-0.4, -0.2) is 55.7 Å². The van der Waals surface area contributed by atoms with Crippen molar-refractivity contribution in [2.24, 2.45) is 0 Å². The topological polar surface area (TPSA) is 75.7 Å². The van der Waals surface area contributed by atoms with Crippen LogP contribution in [0.15, 0.2) is 48.5 Å². The van der Waals surface area contributed by atoms with Gasteiger partial charge in [-0.15, -0.1) is 0 Å². The zero-order valence-corrected chi connectivity index (χ0v) is 22.2. The van der Waals surface area contributed by atoms with Crippen molar-refractivity contribution in [3.63, 3.8) is 0 Å². The minimum atomic E-state index is -2.85. The molecule has 0 saturated carbocycles. The number of benzene rings is 2. The molecule has 0 spiro atoms. The van der Waals surface area contributed by atoms with Gasteiger partial charge in [0.05, 0.1) is 24.5 Å². The van der Waals surface area contributed by atoms with Gasteiger partial charge in [-0.1, -0.05) is 44.5 Å². The van der Waals surface area contributed by atoms with Gasteiger partial charge in [-0.25, -0.2) is 0 Å². The smallest absolute Gasteiger partial charge is 0.502 e. The van der Waals surface area contributed by atoms with Crippen molar-refractivity contribution >= 4 is 33.2 Å². The first-order chi connectivity index (χ1) is 15.3. The maximum absolute atomic E-state index is 10.3. The molecule has 2 aromatic rings. The van der Waals surface area contributed by atoms with Gasteiger partial charge in [0.2, 0.25) is 0 Å². The number of rotatable bonds is 9. The van der Waals surface area contributed by atoms with Gasteiger partial charge in [-0.3, -0.25) is 10.4 Å². The summed E-state index contributed by atoms with van der Waals surface area (Å²) >= 11 is 0. The van der Waals surface area contributed by atoms with Crippen LogP contribution in [-0.2, 0) is 17.7 Å². The van der Waals surface area contributed by atoms with E-state index in [0.717, 1.165) is 11.4 Å². The number of hydrogen-bond donors (Lipinski definition) is 2. The molecule has 32 heavy (non-hydrogen) atoms. The predicted octanol–water partition coefficient (Wildman–Crippen LogP) is 4.56. The molecule has 1 heterocycles. The molecule has 0 saturated heterocycles. The van der Waals surface area contributed by atoms with Crippen molar-refractivity contribution < 1.29 is 22.8 Å². The Morgan fingerprint density at radius 3 is 1.97 bits per heavy atom. The summed E-state index contributed by atoms with van der Waals surface area (Å²) in [6.45, 7) is 9.36. The lowest BCUT2D eigenvalue weighted by atomic mass is 10.3. The zero-order chi connectivity index (χ0) is 23.8. The first-order valence-corrected chi connectivity index (χ1v) is 16.4. The highest BCUT2D eigenvalue weighted by molar-refractivity contribution is 7.31. The van der Waals surface area contributed by atoms with Gasteiger partial charge in [0.15, 0.2) is 0 Å². The first-order valence-electron chi connectivity index (χ1n) is 10.8. The quantitative estimate of drug-likeness (QED) is 0.507. The number of fused-ring (bicyclic) bond motifs is 1. The van der Waals surface area contributed by atoms with E-state index in [9.17, 15) is 5.11 Å². The Balaban J connectivity index is 0.00000114. The van der Waals surface area contributed by atoms with Crippen molar-refractivity contribution in [2.45, 2.75) is 33.4 Å². The Hall–Kier alpha value is -2.09. The van der Waals surface area contributed by atoms with Gasteiger partial charge in [0.25, 0.3) is 7.83 Å². The molecule has 10 heteroatoms. The van der Waals surface area contributed by atoms with E-state index >= 15 is 0 Å². The molecule has 2 N–H and O–H groups in total. The third-order valence-electron chi connectivity index (χ3n) is 5.07. The monoisotopic (exact) mass is 479 g/mol. The molecule has 0 bridgehead atoms. The van der Waals surface area contributed by atoms with Gasteiger partial charge >= 0.3 is 8.32 Å². The lowest BCUT2D eigenvalue weighted by Crippen LogP contribution is -2.66. The van der Waals surface area contributed by atoms with Gasteiger partial charge in [0.1, 0.15) is 11.4 Å². The average Bonchev–Trinajstić information content (AvgIpc) is 3.14. The number of nitrogens with zero attached hydrogens (tertiary/aromatic N) is 2. The number of nitrogens with one attached hydrogen (secondary N) is 1. The number of anilines is 3. The molecular formula is C22H37N3O5Si2. The standard InChI is InChI=1S/C19H29N3O5Si2.C3H8/c1-24-29(25-2,26-3)28(4,5)27-15-14-21-17-11-7-6-10-16(17)20-22(21)18-12-8-9-13-19(18)23;1-3-2/h6-13,20,23H,14-15H2,1-5H3;3H2,1-2H3. The van der Waals surface area contributed by atoms with Crippen LogP contribution in [0.25, 0.3) is 0 Å². The highest BCUT2D eigenvalue weighted by Gasteiger charge is 2.57. The molecule has 3 rings (SSSR count). The van der Waals surface area contributed by atoms with Gasteiger partial charge in [0, 0.05) is 21.3 Å². The number of para-hydroxylation sites is 4. The Bertz CT molecular complexity index is 844. The Kier molecular flexibility index (Phi) is 9.55. The zero-order valence-electron chi connectivity index (χ0n) is 20.2. The van der Waals surface area contributed by atoms with Crippen LogP contribution < -0.4 is 15.6 Å². The van der Waals surface area contributed by atoms with E-state index < -0.39 is 16.2 Å². The van der Waals surface area contributed by atoms with E-state index in [0.29, 0.717) is 18.8 Å². The predicted molar refractivity (Wildman–Crippen MR) is 134 cm³/mol. The molecular weight excluding hydrogens is 442 g/mol. The van der Waals surface area contributed by atoms with Crippen LogP contribution in [0.2, 0.25) is 13.1 Å². The van der Waals surface area contributed by atoms with E-state index in [4.69, 9.17) is 17.7 Å². The first kappa shape index (κ1) is 26.2. The van der Waals surface area contributed by atoms with E-state index in [1.807, 2.05) is 59.6 Å². The van der Waals surface area contributed by atoms with Crippen LogP contribution in [0.5, 0.6) is 5.75 Å². The van der Waals surface area contributed by atoms with Crippen LogP contribution >= 0.6 is 0 Å². The fourth-order valence-corrected chi connectivity index (χ4v) is 11.6. The van der Waals surface area contributed by atoms with E-state index in [-0.39, 0.29) is 5.75 Å². The maximum Gasteiger partial charge on any atom is 0.502 e. The number of hydrazine groups is 2. The summed E-state index contributed by atoms with van der Waals surface area (Å²) in [5.41, 5.74) is 5.97. The fraction of sp³-hybridized carbons (Fsp3) is 0.455. The minimum absolute atomic E-state index is 0.193. The largest absolute Gasteiger partial charge is 0.506 e. The molecule has 0 radical (unpaired) electrons. The second-order valence-corrected chi connectivity index (χ2v) is 18.9. The molecule has 0 fully saturated rings. The Morgan fingerprint density at radius 1 is 0.875 bits per heavy atom. The normalized spacial score (nSPS) is 13.3. The summed E-state index contributed by atoms with van der Waals surface area (Å²) < 4.78 is 23.3. The second-order valence-electron chi connectivity index (χ2n) is 7.79. The molecule has 1 aliphatic rings. The van der Waals surface area contributed by atoms with E-state index in [1.165, 1.54) is 6.42 Å². The van der Waals surface area contributed by atoms with E-state index in [1.54, 1.807) is 33.5 Å². The summed E-state index contributed by atoms with van der Waals surface area (Å²) in [4.78, 5) is 0. The van der Waals surface area contributed by atoms with Crippen LogP contribution in [0, 0.1) is 0 Å². The summed E-state index contributed by atoms with van der Waals surface area (Å²) in [5.74, 6) is 0.193. The van der Waals surface area contributed by atoms with Crippen molar-refractivity contribution in [2.75, 3.05) is 50.0 Å². The molecule has 0 amide bonds. The van der Waals surface area contributed by atoms with Crippen molar-refractivity contribution in [3.05, 3.63) is 48.5 Å². The summed E-state index contributed by atoms with van der Waals surface area (Å²) in [7, 11) is -0.429. The summed E-state index contributed by atoms with van der Waals surface area (Å²) in [6, 6.07) is 15.2. The van der Waals surface area contributed by atoms with E-state index in [2.05, 4.69) is 19.3 Å². The van der Waals surface area contributed by atoms with Crippen molar-refractivity contribution in [3.8, 4) is 5.75 Å². The number of phenols is 1.